The van der Waals surface area contributed by atoms with E-state index in [2.05, 4.69) is 19.2 Å². The summed E-state index contributed by atoms with van der Waals surface area (Å²) in [5.41, 5.74) is -0.747. The number of aliphatic carboxylic acids is 1. The molecule has 0 spiro atoms. The summed E-state index contributed by atoms with van der Waals surface area (Å²) in [5.74, 6) is -0.0608. The van der Waals surface area contributed by atoms with Gasteiger partial charge in [-0.1, -0.05) is 20.8 Å². The van der Waals surface area contributed by atoms with Crippen LogP contribution in [-0.4, -0.2) is 35.9 Å². The molecule has 19 heavy (non-hydrogen) atoms. The number of carboxylic acids is 1. The third-order valence-corrected chi connectivity index (χ3v) is 3.80. The molecule has 2 N–H and O–H groups in total. The van der Waals surface area contributed by atoms with Gasteiger partial charge < -0.3 is 9.84 Å². The van der Waals surface area contributed by atoms with E-state index in [1.54, 1.807) is 0 Å². The summed E-state index contributed by atoms with van der Waals surface area (Å²) in [4.78, 5) is 11.5. The van der Waals surface area contributed by atoms with Gasteiger partial charge in [-0.05, 0) is 44.4 Å². The molecule has 0 aliphatic heterocycles. The Morgan fingerprint density at radius 1 is 1.42 bits per heavy atom. The molecule has 1 rings (SSSR count). The van der Waals surface area contributed by atoms with E-state index in [0.29, 0.717) is 31.4 Å². The molecule has 0 aromatic rings. The van der Waals surface area contributed by atoms with Gasteiger partial charge in [-0.15, -0.1) is 0 Å². The molecular weight excluding hydrogens is 242 g/mol. The Hall–Kier alpha value is -0.610. The van der Waals surface area contributed by atoms with E-state index in [-0.39, 0.29) is 0 Å². The van der Waals surface area contributed by atoms with E-state index in [9.17, 15) is 9.90 Å². The molecular formula is C15H29NO3. The summed E-state index contributed by atoms with van der Waals surface area (Å²) in [6.07, 6.45) is 5.37. The molecule has 1 aliphatic rings. The Morgan fingerprint density at radius 3 is 2.58 bits per heavy atom. The normalized spacial score (nSPS) is 18.5. The van der Waals surface area contributed by atoms with Crippen molar-refractivity contribution >= 4 is 5.97 Å². The maximum Gasteiger partial charge on any atom is 0.323 e. The number of carbonyl (C=O) groups is 1. The molecule has 1 atom stereocenters. The number of hydrogen-bond donors (Lipinski definition) is 2. The van der Waals surface area contributed by atoms with Crippen molar-refractivity contribution in [1.29, 1.82) is 0 Å². The Bertz CT molecular complexity index is 277. The van der Waals surface area contributed by atoms with Crippen LogP contribution in [0.3, 0.4) is 0 Å². The van der Waals surface area contributed by atoms with E-state index in [1.165, 1.54) is 0 Å². The van der Waals surface area contributed by atoms with Crippen LogP contribution >= 0.6 is 0 Å². The van der Waals surface area contributed by atoms with Crippen molar-refractivity contribution in [2.45, 2.75) is 70.9 Å². The summed E-state index contributed by atoms with van der Waals surface area (Å²) < 4.78 is 5.56. The van der Waals surface area contributed by atoms with Gasteiger partial charge in [0.1, 0.15) is 5.54 Å². The first-order chi connectivity index (χ1) is 9.00. The van der Waals surface area contributed by atoms with Gasteiger partial charge in [-0.25, -0.2) is 0 Å². The first-order valence-corrected chi connectivity index (χ1v) is 7.59. The highest BCUT2D eigenvalue weighted by atomic mass is 16.5. The van der Waals surface area contributed by atoms with Crippen LogP contribution in [0.15, 0.2) is 0 Å². The van der Waals surface area contributed by atoms with Crippen LogP contribution in [0.1, 0.15) is 59.3 Å². The lowest BCUT2D eigenvalue weighted by molar-refractivity contribution is -0.145. The number of nitrogens with one attached hydrogen (secondary N) is 1. The van der Waals surface area contributed by atoms with E-state index in [1.807, 2.05) is 6.92 Å². The highest BCUT2D eigenvalue weighted by Gasteiger charge is 2.40. The Kier molecular flexibility index (Phi) is 6.80. The van der Waals surface area contributed by atoms with Gasteiger partial charge in [0.15, 0.2) is 0 Å². The van der Waals surface area contributed by atoms with Crippen molar-refractivity contribution in [3.05, 3.63) is 0 Å². The third-order valence-electron chi connectivity index (χ3n) is 3.80. The van der Waals surface area contributed by atoms with Crippen molar-refractivity contribution in [3.8, 4) is 0 Å². The van der Waals surface area contributed by atoms with Gasteiger partial charge in [0.2, 0.25) is 0 Å². The van der Waals surface area contributed by atoms with Gasteiger partial charge in [0.25, 0.3) is 0 Å². The first-order valence-electron chi connectivity index (χ1n) is 7.59. The van der Waals surface area contributed by atoms with E-state index < -0.39 is 11.5 Å². The zero-order chi connectivity index (χ0) is 14.3. The highest BCUT2D eigenvalue weighted by molar-refractivity contribution is 5.78. The van der Waals surface area contributed by atoms with Crippen LogP contribution < -0.4 is 5.32 Å². The minimum atomic E-state index is -0.747. The number of ether oxygens (including phenoxy) is 1. The second-order valence-corrected chi connectivity index (χ2v) is 6.06. The number of carboxylic acid groups (broad SMARTS) is 1. The lowest BCUT2D eigenvalue weighted by Gasteiger charge is -2.29. The minimum Gasteiger partial charge on any atom is -0.480 e. The first kappa shape index (κ1) is 16.4. The molecule has 4 heteroatoms. The van der Waals surface area contributed by atoms with Crippen LogP contribution in [0.2, 0.25) is 0 Å². The Balaban J connectivity index is 2.26. The maximum absolute atomic E-state index is 11.5. The molecule has 112 valence electrons. The fraction of sp³-hybridized carbons (Fsp3) is 0.933. The van der Waals surface area contributed by atoms with Crippen molar-refractivity contribution in [1.82, 2.24) is 5.32 Å². The zero-order valence-electron chi connectivity index (χ0n) is 12.6. The lowest BCUT2D eigenvalue weighted by atomic mass is 9.90. The molecule has 4 nitrogen and oxygen atoms in total. The fourth-order valence-electron chi connectivity index (χ4n) is 2.19. The predicted octanol–water partition coefficient (Wildman–Crippen LogP) is 2.81. The lowest BCUT2D eigenvalue weighted by Crippen LogP contribution is -2.52. The summed E-state index contributed by atoms with van der Waals surface area (Å²) in [7, 11) is 0. The average Bonchev–Trinajstić information content (AvgIpc) is 3.15. The summed E-state index contributed by atoms with van der Waals surface area (Å²) in [6, 6.07) is 0.415. The van der Waals surface area contributed by atoms with Crippen LogP contribution in [0.4, 0.5) is 0 Å². The van der Waals surface area contributed by atoms with Gasteiger partial charge in [0.05, 0.1) is 0 Å². The smallest absolute Gasteiger partial charge is 0.323 e. The van der Waals surface area contributed by atoms with Crippen LogP contribution in [-0.2, 0) is 9.53 Å². The molecule has 0 aromatic carbocycles. The fourth-order valence-corrected chi connectivity index (χ4v) is 2.19. The van der Waals surface area contributed by atoms with Crippen molar-refractivity contribution in [2.24, 2.45) is 5.92 Å². The number of hydrogen-bond acceptors (Lipinski definition) is 3. The van der Waals surface area contributed by atoms with E-state index in [0.717, 1.165) is 32.3 Å². The van der Waals surface area contributed by atoms with Crippen LogP contribution in [0.25, 0.3) is 0 Å². The summed E-state index contributed by atoms with van der Waals surface area (Å²) in [5, 5.41) is 12.8. The summed E-state index contributed by atoms with van der Waals surface area (Å²) in [6.45, 7) is 7.74. The van der Waals surface area contributed by atoms with E-state index in [4.69, 9.17) is 4.74 Å². The second-order valence-electron chi connectivity index (χ2n) is 6.06. The maximum atomic E-state index is 11.5. The molecule has 0 aromatic heterocycles. The van der Waals surface area contributed by atoms with Crippen molar-refractivity contribution in [3.63, 3.8) is 0 Å². The average molecular weight is 271 g/mol. The quantitative estimate of drug-likeness (QED) is 0.567. The molecule has 1 saturated carbocycles. The minimum absolute atomic E-state index is 0.415. The molecule has 1 fully saturated rings. The Labute approximate surface area is 116 Å². The van der Waals surface area contributed by atoms with Gasteiger partial charge in [-0.2, -0.15) is 0 Å². The summed E-state index contributed by atoms with van der Waals surface area (Å²) >= 11 is 0. The molecule has 0 radical (unpaired) electrons. The highest BCUT2D eigenvalue weighted by Crippen LogP contribution is 2.27. The monoisotopic (exact) mass is 271 g/mol. The SMILES string of the molecule is CCC(CCCOCCC(C)C)(NC1CC1)C(=O)O. The van der Waals surface area contributed by atoms with Gasteiger partial charge in [-0.3, -0.25) is 10.1 Å². The topological polar surface area (TPSA) is 58.6 Å². The van der Waals surface area contributed by atoms with Crippen molar-refractivity contribution in [2.75, 3.05) is 13.2 Å². The van der Waals surface area contributed by atoms with Crippen molar-refractivity contribution < 1.29 is 14.6 Å². The molecule has 0 amide bonds. The third kappa shape index (κ3) is 5.91. The standard InChI is InChI=1S/C15H29NO3/c1-4-15(14(17)18,16-13-6-7-13)9-5-10-19-11-8-12(2)3/h12-13,16H,4-11H2,1-3H3,(H,17,18). The zero-order valence-corrected chi connectivity index (χ0v) is 12.6. The molecule has 0 saturated heterocycles. The molecule has 0 heterocycles. The predicted molar refractivity (Wildman–Crippen MR) is 76.3 cm³/mol. The molecule has 0 bridgehead atoms. The second kappa shape index (κ2) is 7.85. The van der Waals surface area contributed by atoms with E-state index >= 15 is 0 Å². The largest absolute Gasteiger partial charge is 0.480 e. The van der Waals surface area contributed by atoms with Gasteiger partial charge >= 0.3 is 5.97 Å². The molecule has 1 aliphatic carbocycles. The molecule has 1 unspecified atom stereocenters. The van der Waals surface area contributed by atoms with Gasteiger partial charge in [0, 0.05) is 19.3 Å². The number of rotatable bonds is 11. The van der Waals surface area contributed by atoms with Crippen LogP contribution in [0.5, 0.6) is 0 Å². The van der Waals surface area contributed by atoms with Crippen LogP contribution in [0, 0.1) is 5.92 Å². The Morgan fingerprint density at radius 2 is 2.11 bits per heavy atom.